The molecule has 1 aliphatic heterocycles. The zero-order valence-corrected chi connectivity index (χ0v) is 29.9. The maximum absolute atomic E-state index is 14.3. The van der Waals surface area contributed by atoms with E-state index in [-0.39, 0.29) is 23.8 Å². The highest BCUT2D eigenvalue weighted by molar-refractivity contribution is 14.1. The van der Waals surface area contributed by atoms with Crippen LogP contribution in [0.4, 0.5) is 0 Å². The number of hydrogen-bond donors (Lipinski definition) is 0. The summed E-state index contributed by atoms with van der Waals surface area (Å²) in [6.07, 6.45) is 1.89. The van der Waals surface area contributed by atoms with Gasteiger partial charge in [-0.1, -0.05) is 47.7 Å². The van der Waals surface area contributed by atoms with Crippen LogP contribution in [0, 0.1) is 7.14 Å². The topological polar surface area (TPSA) is 88.4 Å². The molecule has 8 nitrogen and oxygen atoms in total. The highest BCUT2D eigenvalue weighted by Crippen LogP contribution is 2.38. The minimum absolute atomic E-state index is 0.0376. The van der Waals surface area contributed by atoms with Crippen LogP contribution in [0.5, 0.6) is 17.2 Å². The predicted octanol–water partition coefficient (Wildman–Crippen LogP) is 5.95. The van der Waals surface area contributed by atoms with Crippen LogP contribution in [-0.4, -0.2) is 37.5 Å². The molecule has 0 N–H and O–H groups in total. The Morgan fingerprint density at radius 3 is 2.32 bits per heavy atom. The van der Waals surface area contributed by atoms with E-state index in [0.29, 0.717) is 32.1 Å². The molecule has 0 spiro atoms. The SMILES string of the molecule is CCOC(=O)C1=C(c2ccccc2)N=c2s/c(=C\c3cc(I)c(OC(C)C)c(I)c3)c(=O)n2[C@@H]1c1ccc(OC)c(OC)c1. The lowest BCUT2D eigenvalue weighted by molar-refractivity contribution is -0.138. The van der Waals surface area contributed by atoms with Gasteiger partial charge in [0.25, 0.3) is 5.56 Å². The quantitative estimate of drug-likeness (QED) is 0.153. The van der Waals surface area contributed by atoms with Gasteiger partial charge in [0.2, 0.25) is 0 Å². The third kappa shape index (κ3) is 6.45. The Morgan fingerprint density at radius 1 is 1.02 bits per heavy atom. The molecule has 0 aliphatic carbocycles. The minimum Gasteiger partial charge on any atom is -0.493 e. The van der Waals surface area contributed by atoms with Gasteiger partial charge in [-0.15, -0.1) is 0 Å². The Hall–Kier alpha value is -3.17. The molecule has 0 amide bonds. The number of carbonyl (C=O) groups is 1. The zero-order valence-electron chi connectivity index (χ0n) is 24.7. The van der Waals surface area contributed by atoms with E-state index in [4.69, 9.17) is 23.9 Å². The third-order valence-corrected chi connectivity index (χ3v) is 9.35. The molecule has 1 aliphatic rings. The fraction of sp³-hybridized carbons (Fsp3) is 0.242. The summed E-state index contributed by atoms with van der Waals surface area (Å²) in [5.41, 5.74) is 2.70. The molecule has 3 aromatic carbocycles. The van der Waals surface area contributed by atoms with Crippen molar-refractivity contribution in [2.75, 3.05) is 20.8 Å². The highest BCUT2D eigenvalue weighted by atomic mass is 127. The van der Waals surface area contributed by atoms with Crippen LogP contribution >= 0.6 is 56.5 Å². The van der Waals surface area contributed by atoms with E-state index in [0.717, 1.165) is 24.0 Å². The van der Waals surface area contributed by atoms with Crippen LogP contribution in [0.25, 0.3) is 11.8 Å². The number of halogens is 2. The molecular weight excluding hydrogens is 806 g/mol. The third-order valence-electron chi connectivity index (χ3n) is 6.77. The first kappa shape index (κ1) is 32.2. The van der Waals surface area contributed by atoms with Crippen molar-refractivity contribution in [3.63, 3.8) is 0 Å². The number of ether oxygens (including phenoxy) is 4. The molecule has 0 bridgehead atoms. The lowest BCUT2D eigenvalue weighted by Gasteiger charge is -2.26. The van der Waals surface area contributed by atoms with Crippen molar-refractivity contribution in [1.29, 1.82) is 0 Å². The van der Waals surface area contributed by atoms with Gasteiger partial charge in [-0.05, 0) is 107 Å². The average Bonchev–Trinajstić information content (AvgIpc) is 3.32. The van der Waals surface area contributed by atoms with Gasteiger partial charge < -0.3 is 18.9 Å². The minimum atomic E-state index is -0.829. The Labute approximate surface area is 286 Å². The van der Waals surface area contributed by atoms with E-state index in [1.54, 1.807) is 37.8 Å². The summed E-state index contributed by atoms with van der Waals surface area (Å²) < 4.78 is 26.6. The monoisotopic (exact) mass is 836 g/mol. The fourth-order valence-electron chi connectivity index (χ4n) is 4.94. The van der Waals surface area contributed by atoms with Gasteiger partial charge in [-0.2, -0.15) is 0 Å². The number of fused-ring (bicyclic) bond motifs is 1. The standard InChI is InChI=1S/C33H30I2N2O6S/c1-6-42-32(39)27-28(20-10-8-7-9-11-20)36-33-37(29(27)21-12-13-24(40-4)25(17-21)41-5)31(38)26(44-33)16-19-14-22(34)30(23(35)15-19)43-18(2)3/h7-18,29H,6H2,1-5H3/b26-16-/t29-/m1/s1. The molecule has 44 heavy (non-hydrogen) atoms. The molecule has 0 radical (unpaired) electrons. The molecule has 0 saturated carbocycles. The number of hydrogen-bond acceptors (Lipinski definition) is 8. The van der Waals surface area contributed by atoms with Crippen LogP contribution in [-0.2, 0) is 9.53 Å². The molecule has 2 heterocycles. The number of rotatable bonds is 9. The van der Waals surface area contributed by atoms with Crippen molar-refractivity contribution in [3.05, 3.63) is 110 Å². The fourth-order valence-corrected chi connectivity index (χ4v) is 8.01. The summed E-state index contributed by atoms with van der Waals surface area (Å²) in [5.74, 6) is 1.28. The first-order valence-corrected chi connectivity index (χ1v) is 16.8. The number of thiazole rings is 1. The number of carbonyl (C=O) groups excluding carboxylic acids is 1. The molecule has 0 fully saturated rings. The van der Waals surface area contributed by atoms with Crippen LogP contribution in [0.15, 0.2) is 76.0 Å². The van der Waals surface area contributed by atoms with Gasteiger partial charge in [0.1, 0.15) is 5.75 Å². The Morgan fingerprint density at radius 2 is 1.70 bits per heavy atom. The predicted molar refractivity (Wildman–Crippen MR) is 188 cm³/mol. The summed E-state index contributed by atoms with van der Waals surface area (Å²) in [6.45, 7) is 5.90. The lowest BCUT2D eigenvalue weighted by atomic mass is 9.93. The molecule has 1 atom stereocenters. The maximum Gasteiger partial charge on any atom is 0.338 e. The van der Waals surface area contributed by atoms with Crippen molar-refractivity contribution in [2.45, 2.75) is 32.9 Å². The van der Waals surface area contributed by atoms with Gasteiger partial charge in [0.15, 0.2) is 16.3 Å². The summed E-state index contributed by atoms with van der Waals surface area (Å²) >= 11 is 5.78. The van der Waals surface area contributed by atoms with E-state index in [2.05, 4.69) is 45.2 Å². The van der Waals surface area contributed by atoms with Crippen LogP contribution in [0.3, 0.4) is 0 Å². The van der Waals surface area contributed by atoms with E-state index in [1.807, 2.05) is 68.5 Å². The molecule has 4 aromatic rings. The Kier molecular flexibility index (Phi) is 10.2. The number of esters is 1. The van der Waals surface area contributed by atoms with Gasteiger partial charge in [0, 0.05) is 5.56 Å². The second kappa shape index (κ2) is 13.9. The van der Waals surface area contributed by atoms with Crippen LogP contribution in [0.1, 0.15) is 43.5 Å². The lowest BCUT2D eigenvalue weighted by Crippen LogP contribution is -2.40. The van der Waals surface area contributed by atoms with E-state index in [9.17, 15) is 9.59 Å². The average molecular weight is 836 g/mol. The van der Waals surface area contributed by atoms with Gasteiger partial charge >= 0.3 is 5.97 Å². The summed E-state index contributed by atoms with van der Waals surface area (Å²) in [6, 6.07) is 18.0. The molecule has 5 rings (SSSR count). The number of methoxy groups -OCH3 is 2. The molecule has 11 heteroatoms. The first-order valence-electron chi connectivity index (χ1n) is 13.8. The normalized spacial score (nSPS) is 14.7. The van der Waals surface area contributed by atoms with Crippen molar-refractivity contribution >= 4 is 74.3 Å². The van der Waals surface area contributed by atoms with Crippen molar-refractivity contribution in [1.82, 2.24) is 4.57 Å². The van der Waals surface area contributed by atoms with Crippen molar-refractivity contribution < 1.29 is 23.7 Å². The van der Waals surface area contributed by atoms with Crippen LogP contribution < -0.4 is 29.1 Å². The van der Waals surface area contributed by atoms with Gasteiger partial charge in [-0.3, -0.25) is 9.36 Å². The maximum atomic E-state index is 14.3. The number of nitrogens with zero attached hydrogens (tertiary/aromatic N) is 2. The Bertz CT molecular complexity index is 1910. The number of aromatic nitrogens is 1. The van der Waals surface area contributed by atoms with E-state index >= 15 is 0 Å². The second-order valence-electron chi connectivity index (χ2n) is 10.0. The zero-order chi connectivity index (χ0) is 31.5. The highest BCUT2D eigenvalue weighted by Gasteiger charge is 2.35. The van der Waals surface area contributed by atoms with Crippen molar-refractivity contribution in [3.8, 4) is 17.2 Å². The Balaban J connectivity index is 1.80. The molecule has 0 saturated heterocycles. The number of benzene rings is 3. The van der Waals surface area contributed by atoms with E-state index in [1.165, 1.54) is 11.3 Å². The summed E-state index contributed by atoms with van der Waals surface area (Å²) in [4.78, 5) is 33.4. The van der Waals surface area contributed by atoms with Crippen molar-refractivity contribution in [2.24, 2.45) is 4.99 Å². The van der Waals surface area contributed by atoms with Crippen LogP contribution in [0.2, 0.25) is 0 Å². The van der Waals surface area contributed by atoms with Gasteiger partial charge in [0.05, 0.1) is 55.9 Å². The summed E-state index contributed by atoms with van der Waals surface area (Å²) in [7, 11) is 3.10. The molecule has 1 aromatic heterocycles. The smallest absolute Gasteiger partial charge is 0.338 e. The molecular formula is C33H30I2N2O6S. The van der Waals surface area contributed by atoms with E-state index < -0.39 is 12.0 Å². The molecule has 0 unspecified atom stereocenters. The van der Waals surface area contributed by atoms with Gasteiger partial charge in [-0.25, -0.2) is 9.79 Å². The first-order chi connectivity index (χ1) is 21.2. The second-order valence-corrected chi connectivity index (χ2v) is 13.4. The largest absolute Gasteiger partial charge is 0.493 e. The summed E-state index contributed by atoms with van der Waals surface area (Å²) in [5, 5.41) is 0. The molecule has 228 valence electrons.